The Morgan fingerprint density at radius 2 is 2.00 bits per heavy atom. The monoisotopic (exact) mass is 360 g/mol. The van der Waals surface area contributed by atoms with Crippen LogP contribution in [0.3, 0.4) is 0 Å². The number of fused-ring (bicyclic) bond motifs is 3. The van der Waals surface area contributed by atoms with Gasteiger partial charge in [0.2, 0.25) is 10.0 Å². The second kappa shape index (κ2) is 5.60. The zero-order valence-corrected chi connectivity index (χ0v) is 14.7. The first-order chi connectivity index (χ1) is 11.9. The number of rotatable bonds is 2. The number of benzene rings is 1. The summed E-state index contributed by atoms with van der Waals surface area (Å²) in [5.41, 5.74) is 3.78. The van der Waals surface area contributed by atoms with Crippen LogP contribution in [0.2, 0.25) is 0 Å². The molecule has 0 N–H and O–H groups in total. The van der Waals surface area contributed by atoms with Crippen molar-refractivity contribution >= 4 is 15.7 Å². The summed E-state index contributed by atoms with van der Waals surface area (Å²) in [4.78, 5) is 4.47. The van der Waals surface area contributed by atoms with E-state index in [1.165, 1.54) is 22.5 Å². The molecule has 25 heavy (non-hydrogen) atoms. The molecular weight excluding hydrogens is 343 g/mol. The molecule has 3 heterocycles. The highest BCUT2D eigenvalue weighted by Gasteiger charge is 2.30. The molecule has 0 aliphatic carbocycles. The molecule has 6 nitrogen and oxygen atoms in total. The quantitative estimate of drug-likeness (QED) is 0.703. The fourth-order valence-electron chi connectivity index (χ4n) is 3.16. The van der Waals surface area contributed by atoms with Crippen molar-refractivity contribution in [3.8, 4) is 0 Å². The lowest BCUT2D eigenvalue weighted by atomic mass is 10.1. The lowest BCUT2D eigenvalue weighted by Gasteiger charge is -2.28. The molecule has 130 valence electrons. The minimum absolute atomic E-state index is 0.110. The third-order valence-corrected chi connectivity index (χ3v) is 6.34. The van der Waals surface area contributed by atoms with Gasteiger partial charge in [-0.2, -0.15) is 9.40 Å². The fraction of sp³-hybridized carbons (Fsp3) is 0.294. The number of sulfonamides is 1. The topological polar surface area (TPSA) is 67.6 Å². The molecule has 0 saturated heterocycles. The van der Waals surface area contributed by atoms with E-state index in [1.54, 1.807) is 17.6 Å². The summed E-state index contributed by atoms with van der Waals surface area (Å²) in [5, 5.41) is 4.44. The lowest BCUT2D eigenvalue weighted by molar-refractivity contribution is 0.384. The predicted octanol–water partition coefficient (Wildman–Crippen LogP) is 2.23. The number of aromatic nitrogens is 3. The largest absolute Gasteiger partial charge is 0.243 e. The van der Waals surface area contributed by atoms with Crippen molar-refractivity contribution in [1.29, 1.82) is 0 Å². The second-order valence-electron chi connectivity index (χ2n) is 6.29. The average Bonchev–Trinajstić information content (AvgIpc) is 2.97. The van der Waals surface area contributed by atoms with Gasteiger partial charge in [-0.1, -0.05) is 0 Å². The van der Waals surface area contributed by atoms with Gasteiger partial charge in [-0.25, -0.2) is 22.3 Å². The molecule has 0 fully saturated rings. The van der Waals surface area contributed by atoms with E-state index in [1.807, 2.05) is 13.0 Å². The van der Waals surface area contributed by atoms with Crippen LogP contribution in [0.5, 0.6) is 0 Å². The Bertz CT molecular complexity index is 1090. The fourth-order valence-corrected chi connectivity index (χ4v) is 4.67. The lowest BCUT2D eigenvalue weighted by Crippen LogP contribution is -2.37. The molecule has 0 spiro atoms. The maximum Gasteiger partial charge on any atom is 0.243 e. The van der Waals surface area contributed by atoms with Crippen molar-refractivity contribution in [2.75, 3.05) is 6.54 Å². The smallest absolute Gasteiger partial charge is 0.237 e. The van der Waals surface area contributed by atoms with Gasteiger partial charge in [0.1, 0.15) is 5.82 Å². The van der Waals surface area contributed by atoms with E-state index in [-0.39, 0.29) is 11.4 Å². The van der Waals surface area contributed by atoms with Gasteiger partial charge >= 0.3 is 0 Å². The molecule has 3 aromatic rings. The van der Waals surface area contributed by atoms with E-state index >= 15 is 0 Å². The van der Waals surface area contributed by atoms with Crippen LogP contribution in [-0.2, 0) is 23.0 Å². The summed E-state index contributed by atoms with van der Waals surface area (Å²) in [6.07, 6.45) is 2.26. The van der Waals surface area contributed by atoms with Crippen molar-refractivity contribution < 1.29 is 12.8 Å². The standard InChI is InChI=1S/C17H17FN4O2S/c1-11-7-14(3-4-15(11)18)25(23,24)21-6-5-16-13(10-21)9-19-17-8-12(2)20-22(16)17/h3-4,7-9H,5-6,10H2,1-2H3. The van der Waals surface area contributed by atoms with E-state index in [4.69, 9.17) is 0 Å². The molecule has 0 radical (unpaired) electrons. The van der Waals surface area contributed by atoms with Gasteiger partial charge in [-0.15, -0.1) is 0 Å². The van der Waals surface area contributed by atoms with Crippen LogP contribution in [0.25, 0.3) is 5.65 Å². The van der Waals surface area contributed by atoms with E-state index in [0.717, 1.165) is 22.6 Å². The third-order valence-electron chi connectivity index (χ3n) is 4.50. The minimum atomic E-state index is -3.68. The van der Waals surface area contributed by atoms with Gasteiger partial charge in [0.25, 0.3) is 0 Å². The van der Waals surface area contributed by atoms with Crippen LogP contribution in [0.15, 0.2) is 35.4 Å². The highest BCUT2D eigenvalue weighted by atomic mass is 32.2. The van der Waals surface area contributed by atoms with Crippen molar-refractivity contribution in [2.24, 2.45) is 0 Å². The predicted molar refractivity (Wildman–Crippen MR) is 90.2 cm³/mol. The van der Waals surface area contributed by atoms with Crippen LogP contribution in [0.4, 0.5) is 4.39 Å². The number of nitrogens with zero attached hydrogens (tertiary/aromatic N) is 4. The summed E-state index contributed by atoms with van der Waals surface area (Å²) in [5.74, 6) is -0.413. The number of hydrogen-bond donors (Lipinski definition) is 0. The number of halogens is 1. The van der Waals surface area contributed by atoms with Crippen molar-refractivity contribution in [3.63, 3.8) is 0 Å². The molecule has 1 aliphatic rings. The summed E-state index contributed by atoms with van der Waals surface area (Å²) >= 11 is 0. The zero-order chi connectivity index (χ0) is 17.8. The van der Waals surface area contributed by atoms with Crippen LogP contribution >= 0.6 is 0 Å². The van der Waals surface area contributed by atoms with E-state index in [2.05, 4.69) is 10.1 Å². The second-order valence-corrected chi connectivity index (χ2v) is 8.22. The number of hydrogen-bond acceptors (Lipinski definition) is 4. The van der Waals surface area contributed by atoms with Crippen LogP contribution in [0.1, 0.15) is 22.5 Å². The highest BCUT2D eigenvalue weighted by Crippen LogP contribution is 2.26. The molecule has 1 aromatic carbocycles. The summed E-state index contributed by atoms with van der Waals surface area (Å²) in [7, 11) is -3.68. The molecular formula is C17H17FN4O2S. The summed E-state index contributed by atoms with van der Waals surface area (Å²) in [6, 6.07) is 5.77. The molecule has 1 aliphatic heterocycles. The Labute approximate surface area is 145 Å². The third kappa shape index (κ3) is 2.61. The Morgan fingerprint density at radius 1 is 1.20 bits per heavy atom. The van der Waals surface area contributed by atoms with Crippen LogP contribution < -0.4 is 0 Å². The summed E-state index contributed by atoms with van der Waals surface area (Å²) < 4.78 is 42.4. The van der Waals surface area contributed by atoms with E-state index < -0.39 is 15.8 Å². The number of aryl methyl sites for hydroxylation is 2. The average molecular weight is 360 g/mol. The Balaban J connectivity index is 1.72. The normalized spacial score (nSPS) is 15.5. The van der Waals surface area contributed by atoms with Crippen LogP contribution in [-0.4, -0.2) is 33.9 Å². The zero-order valence-electron chi connectivity index (χ0n) is 13.9. The van der Waals surface area contributed by atoms with Gasteiger partial charge in [0.05, 0.1) is 16.3 Å². The van der Waals surface area contributed by atoms with Gasteiger partial charge in [-0.3, -0.25) is 0 Å². The molecule has 0 bridgehead atoms. The van der Waals surface area contributed by atoms with Crippen molar-refractivity contribution in [3.05, 3.63) is 58.8 Å². The first-order valence-corrected chi connectivity index (χ1v) is 9.40. The molecule has 0 saturated carbocycles. The van der Waals surface area contributed by atoms with E-state index in [9.17, 15) is 12.8 Å². The Kier molecular flexibility index (Phi) is 3.62. The Morgan fingerprint density at radius 3 is 2.76 bits per heavy atom. The van der Waals surface area contributed by atoms with Crippen LogP contribution in [0, 0.1) is 19.7 Å². The van der Waals surface area contributed by atoms with Crippen molar-refractivity contribution in [1.82, 2.24) is 18.9 Å². The first kappa shape index (κ1) is 16.2. The highest BCUT2D eigenvalue weighted by molar-refractivity contribution is 7.89. The molecule has 0 unspecified atom stereocenters. The molecule has 0 atom stereocenters. The molecule has 4 rings (SSSR count). The Hall–Kier alpha value is -2.32. The van der Waals surface area contributed by atoms with Gasteiger partial charge in [0.15, 0.2) is 5.65 Å². The van der Waals surface area contributed by atoms with Gasteiger partial charge < -0.3 is 0 Å². The van der Waals surface area contributed by atoms with Crippen molar-refractivity contribution in [2.45, 2.75) is 31.7 Å². The minimum Gasteiger partial charge on any atom is -0.237 e. The molecule has 0 amide bonds. The SMILES string of the molecule is Cc1cc2ncc3c(n2n1)CCN(S(=O)(=O)c1ccc(F)c(C)c1)C3. The maximum absolute atomic E-state index is 13.5. The first-order valence-electron chi connectivity index (χ1n) is 7.96. The van der Waals surface area contributed by atoms with Gasteiger partial charge in [0, 0.05) is 37.3 Å². The maximum atomic E-state index is 13.5. The molecule has 8 heteroatoms. The summed E-state index contributed by atoms with van der Waals surface area (Å²) in [6.45, 7) is 4.04. The molecule has 2 aromatic heterocycles. The van der Waals surface area contributed by atoms with E-state index in [0.29, 0.717) is 18.5 Å². The van der Waals surface area contributed by atoms with Gasteiger partial charge in [-0.05, 0) is 37.6 Å².